The standard InChI is InChI=1S/C11H11FN4O3S/c1-2-15-10(17)13-14-11(15)20-6-7-3-4-9(16(18)19)8(12)5-7/h3-5H,2,6H2,1H3,(H,13,17). The molecular formula is C11H11FN4O3S. The van der Waals surface area contributed by atoms with Crippen LogP contribution in [0.25, 0.3) is 0 Å². The van der Waals surface area contributed by atoms with E-state index in [1.807, 2.05) is 6.92 Å². The number of H-pyrrole nitrogens is 1. The fourth-order valence-electron chi connectivity index (χ4n) is 1.63. The van der Waals surface area contributed by atoms with Gasteiger partial charge in [0.1, 0.15) is 0 Å². The second-order valence-corrected chi connectivity index (χ2v) is 4.83. The summed E-state index contributed by atoms with van der Waals surface area (Å²) in [5.41, 5.74) is -0.273. The number of aromatic nitrogens is 3. The minimum Gasteiger partial charge on any atom is -0.270 e. The molecule has 0 saturated heterocycles. The quantitative estimate of drug-likeness (QED) is 0.517. The van der Waals surface area contributed by atoms with E-state index in [4.69, 9.17) is 0 Å². The Hall–Kier alpha value is -2.16. The van der Waals surface area contributed by atoms with Crippen LogP contribution >= 0.6 is 11.8 Å². The number of aromatic amines is 1. The first-order valence-electron chi connectivity index (χ1n) is 5.73. The van der Waals surface area contributed by atoms with Crippen LogP contribution in [0.5, 0.6) is 0 Å². The number of thioether (sulfide) groups is 1. The molecule has 0 aliphatic rings. The third kappa shape index (κ3) is 2.87. The Morgan fingerprint density at radius 2 is 2.30 bits per heavy atom. The van der Waals surface area contributed by atoms with Gasteiger partial charge in [-0.3, -0.25) is 14.7 Å². The molecule has 0 atom stereocenters. The first kappa shape index (κ1) is 14.3. The highest BCUT2D eigenvalue weighted by Crippen LogP contribution is 2.23. The molecule has 2 rings (SSSR count). The number of nitro benzene ring substituents is 1. The fraction of sp³-hybridized carbons (Fsp3) is 0.273. The second kappa shape index (κ2) is 5.87. The third-order valence-corrected chi connectivity index (χ3v) is 3.66. The Labute approximate surface area is 117 Å². The zero-order valence-electron chi connectivity index (χ0n) is 10.5. The minimum absolute atomic E-state index is 0.301. The number of nitrogens with zero attached hydrogens (tertiary/aromatic N) is 3. The maximum absolute atomic E-state index is 13.4. The van der Waals surface area contributed by atoms with Crippen LogP contribution < -0.4 is 5.69 Å². The molecule has 9 heteroatoms. The number of nitrogens with one attached hydrogen (secondary N) is 1. The summed E-state index contributed by atoms with van der Waals surface area (Å²) in [5.74, 6) is -0.512. The molecule has 0 radical (unpaired) electrons. The molecule has 1 aromatic heterocycles. The van der Waals surface area contributed by atoms with E-state index in [1.165, 1.54) is 22.4 Å². The number of rotatable bonds is 5. The lowest BCUT2D eigenvalue weighted by Gasteiger charge is -2.03. The summed E-state index contributed by atoms with van der Waals surface area (Å²) in [6, 6.07) is 3.73. The Bertz CT molecular complexity index is 697. The Balaban J connectivity index is 2.13. The maximum atomic E-state index is 13.4. The Kier molecular flexibility index (Phi) is 4.18. The molecule has 0 aliphatic heterocycles. The summed E-state index contributed by atoms with van der Waals surface area (Å²) in [4.78, 5) is 21.1. The summed E-state index contributed by atoms with van der Waals surface area (Å²) in [6.45, 7) is 2.29. The molecule has 0 aliphatic carbocycles. The smallest absolute Gasteiger partial charge is 0.270 e. The summed E-state index contributed by atoms with van der Waals surface area (Å²) in [6.07, 6.45) is 0. The molecule has 106 valence electrons. The molecule has 1 aromatic carbocycles. The Morgan fingerprint density at radius 3 is 2.90 bits per heavy atom. The van der Waals surface area contributed by atoms with Crippen molar-refractivity contribution in [1.82, 2.24) is 14.8 Å². The highest BCUT2D eigenvalue weighted by Gasteiger charge is 2.14. The molecule has 0 spiro atoms. The number of benzene rings is 1. The van der Waals surface area contributed by atoms with Gasteiger partial charge in [-0.1, -0.05) is 17.8 Å². The van der Waals surface area contributed by atoms with Gasteiger partial charge in [0.15, 0.2) is 5.16 Å². The summed E-state index contributed by atoms with van der Waals surface area (Å²) in [7, 11) is 0. The first-order chi connectivity index (χ1) is 9.52. The third-order valence-electron chi connectivity index (χ3n) is 2.62. The van der Waals surface area contributed by atoms with Crippen LogP contribution in [-0.4, -0.2) is 19.7 Å². The van der Waals surface area contributed by atoms with Crippen molar-refractivity contribution in [3.8, 4) is 0 Å². The predicted octanol–water partition coefficient (Wildman–Crippen LogP) is 1.93. The van der Waals surface area contributed by atoms with Crippen LogP contribution in [0.3, 0.4) is 0 Å². The summed E-state index contributed by atoms with van der Waals surface area (Å²) < 4.78 is 14.9. The second-order valence-electron chi connectivity index (χ2n) is 3.89. The number of nitro groups is 1. The van der Waals surface area contributed by atoms with E-state index < -0.39 is 16.4 Å². The van der Waals surface area contributed by atoms with Gasteiger partial charge < -0.3 is 0 Å². The highest BCUT2D eigenvalue weighted by atomic mass is 32.2. The monoisotopic (exact) mass is 298 g/mol. The molecule has 0 bridgehead atoms. The SMILES string of the molecule is CCn1c(SCc2ccc([N+](=O)[O-])c(F)c2)n[nH]c1=O. The molecular weight excluding hydrogens is 287 g/mol. The Morgan fingerprint density at radius 1 is 1.55 bits per heavy atom. The van der Waals surface area contributed by atoms with Crippen LogP contribution in [-0.2, 0) is 12.3 Å². The van der Waals surface area contributed by atoms with E-state index >= 15 is 0 Å². The number of hydrogen-bond acceptors (Lipinski definition) is 5. The largest absolute Gasteiger partial charge is 0.343 e. The zero-order chi connectivity index (χ0) is 14.7. The van der Waals surface area contributed by atoms with Crippen LogP contribution in [0, 0.1) is 15.9 Å². The molecule has 20 heavy (non-hydrogen) atoms. The van der Waals surface area contributed by atoms with Crippen LogP contribution in [0.2, 0.25) is 0 Å². The van der Waals surface area contributed by atoms with Gasteiger partial charge in [-0.25, -0.2) is 9.89 Å². The molecule has 1 heterocycles. The lowest BCUT2D eigenvalue weighted by atomic mass is 10.2. The fourth-order valence-corrected chi connectivity index (χ4v) is 2.58. The van der Waals surface area contributed by atoms with Gasteiger partial charge in [0.05, 0.1) is 4.92 Å². The molecule has 0 unspecified atom stereocenters. The van der Waals surface area contributed by atoms with E-state index in [0.717, 1.165) is 12.1 Å². The van der Waals surface area contributed by atoms with Crippen molar-refractivity contribution in [3.63, 3.8) is 0 Å². The van der Waals surface area contributed by atoms with Crippen molar-refractivity contribution in [1.29, 1.82) is 0 Å². The van der Waals surface area contributed by atoms with Gasteiger partial charge in [-0.05, 0) is 18.6 Å². The van der Waals surface area contributed by atoms with Crippen molar-refractivity contribution in [2.45, 2.75) is 24.4 Å². The van der Waals surface area contributed by atoms with E-state index in [2.05, 4.69) is 10.2 Å². The van der Waals surface area contributed by atoms with Crippen molar-refractivity contribution in [2.24, 2.45) is 0 Å². The normalized spacial score (nSPS) is 10.7. The molecule has 7 nitrogen and oxygen atoms in total. The van der Waals surface area contributed by atoms with E-state index in [9.17, 15) is 19.3 Å². The van der Waals surface area contributed by atoms with Gasteiger partial charge in [0, 0.05) is 18.4 Å². The number of halogens is 1. The summed E-state index contributed by atoms with van der Waals surface area (Å²) >= 11 is 1.25. The molecule has 0 amide bonds. The van der Waals surface area contributed by atoms with Crippen molar-refractivity contribution >= 4 is 17.4 Å². The molecule has 1 N–H and O–H groups in total. The van der Waals surface area contributed by atoms with Crippen molar-refractivity contribution < 1.29 is 9.31 Å². The van der Waals surface area contributed by atoms with Gasteiger partial charge in [0.25, 0.3) is 0 Å². The predicted molar refractivity (Wildman–Crippen MR) is 71.1 cm³/mol. The van der Waals surface area contributed by atoms with Gasteiger partial charge in [0.2, 0.25) is 5.82 Å². The topological polar surface area (TPSA) is 93.8 Å². The summed E-state index contributed by atoms with van der Waals surface area (Å²) in [5, 5.41) is 17.2. The first-order valence-corrected chi connectivity index (χ1v) is 6.72. The van der Waals surface area contributed by atoms with Gasteiger partial charge in [-0.15, -0.1) is 5.10 Å². The van der Waals surface area contributed by atoms with Gasteiger partial charge >= 0.3 is 11.4 Å². The van der Waals surface area contributed by atoms with E-state index in [0.29, 0.717) is 23.0 Å². The molecule has 2 aromatic rings. The van der Waals surface area contributed by atoms with Crippen LogP contribution in [0.1, 0.15) is 12.5 Å². The minimum atomic E-state index is -0.872. The molecule has 0 fully saturated rings. The van der Waals surface area contributed by atoms with E-state index in [1.54, 1.807) is 0 Å². The van der Waals surface area contributed by atoms with Crippen LogP contribution in [0.4, 0.5) is 10.1 Å². The van der Waals surface area contributed by atoms with Crippen LogP contribution in [0.15, 0.2) is 28.2 Å². The molecule has 0 saturated carbocycles. The zero-order valence-corrected chi connectivity index (χ0v) is 11.3. The average Bonchev–Trinajstić information content (AvgIpc) is 2.76. The number of hydrogen-bond donors (Lipinski definition) is 1. The lowest BCUT2D eigenvalue weighted by Crippen LogP contribution is -2.16. The highest BCUT2D eigenvalue weighted by molar-refractivity contribution is 7.98. The van der Waals surface area contributed by atoms with Gasteiger partial charge in [-0.2, -0.15) is 4.39 Å². The lowest BCUT2D eigenvalue weighted by molar-refractivity contribution is -0.387. The van der Waals surface area contributed by atoms with E-state index in [-0.39, 0.29) is 5.69 Å². The maximum Gasteiger partial charge on any atom is 0.343 e. The van der Waals surface area contributed by atoms with Crippen molar-refractivity contribution in [3.05, 3.63) is 50.2 Å². The average molecular weight is 298 g/mol. The van der Waals surface area contributed by atoms with Crippen molar-refractivity contribution in [2.75, 3.05) is 0 Å².